The minimum absolute atomic E-state index is 0.0267. The molecule has 2 amide bonds. The first-order valence-corrected chi connectivity index (χ1v) is 11.9. The Morgan fingerprint density at radius 1 is 0.944 bits per heavy atom. The molecule has 0 bridgehead atoms. The lowest BCUT2D eigenvalue weighted by molar-refractivity contribution is -0.121. The highest BCUT2D eigenvalue weighted by Crippen LogP contribution is 2.25. The number of likely N-dealkylation sites (tertiary alicyclic amines) is 1. The van der Waals surface area contributed by atoms with Crippen molar-refractivity contribution < 1.29 is 14.7 Å². The Bertz CT molecular complexity index is 1500. The quantitative estimate of drug-likeness (QED) is 0.430. The van der Waals surface area contributed by atoms with E-state index in [1.807, 2.05) is 18.2 Å². The summed E-state index contributed by atoms with van der Waals surface area (Å²) in [6.07, 6.45) is 1.08. The van der Waals surface area contributed by atoms with Crippen LogP contribution in [0.2, 0.25) is 0 Å². The van der Waals surface area contributed by atoms with Crippen LogP contribution in [0, 0.1) is 12.8 Å². The van der Waals surface area contributed by atoms with Crippen LogP contribution in [0.5, 0.6) is 5.75 Å². The summed E-state index contributed by atoms with van der Waals surface area (Å²) in [5, 5.41) is 13.2. The van der Waals surface area contributed by atoms with Gasteiger partial charge in [0.1, 0.15) is 11.6 Å². The van der Waals surface area contributed by atoms with E-state index < -0.39 is 0 Å². The number of aryl methyl sites for hydroxylation is 1. The normalized spacial score (nSPS) is 14.1. The molecule has 8 nitrogen and oxygen atoms in total. The molecule has 0 aliphatic carbocycles. The number of hydrogen-bond donors (Lipinski definition) is 2. The largest absolute Gasteiger partial charge is 0.506 e. The number of rotatable bonds is 4. The van der Waals surface area contributed by atoms with Gasteiger partial charge in [-0.1, -0.05) is 24.3 Å². The van der Waals surface area contributed by atoms with Crippen molar-refractivity contribution in [3.05, 3.63) is 94.5 Å². The van der Waals surface area contributed by atoms with Crippen LogP contribution in [0.1, 0.15) is 29.0 Å². The number of amides is 2. The van der Waals surface area contributed by atoms with Gasteiger partial charge in [0.25, 0.3) is 11.5 Å². The summed E-state index contributed by atoms with van der Waals surface area (Å²) in [5.41, 5.74) is 2.06. The zero-order valence-corrected chi connectivity index (χ0v) is 19.8. The minimum Gasteiger partial charge on any atom is -0.506 e. The van der Waals surface area contributed by atoms with Crippen LogP contribution in [-0.4, -0.2) is 44.5 Å². The van der Waals surface area contributed by atoms with E-state index in [2.05, 4.69) is 10.3 Å². The van der Waals surface area contributed by atoms with E-state index in [0.717, 1.165) is 0 Å². The molecule has 4 aromatic rings. The molecule has 8 heteroatoms. The van der Waals surface area contributed by atoms with Gasteiger partial charge in [0.05, 0.1) is 22.3 Å². The molecule has 1 aliphatic rings. The van der Waals surface area contributed by atoms with E-state index >= 15 is 0 Å². The molecule has 0 radical (unpaired) electrons. The number of fused-ring (bicyclic) bond motifs is 1. The van der Waals surface area contributed by atoms with E-state index in [9.17, 15) is 19.5 Å². The maximum Gasteiger partial charge on any atom is 0.265 e. The summed E-state index contributed by atoms with van der Waals surface area (Å²) >= 11 is 0. The van der Waals surface area contributed by atoms with Gasteiger partial charge in [0.2, 0.25) is 5.91 Å². The number of carbonyl (C=O) groups is 2. The van der Waals surface area contributed by atoms with Crippen LogP contribution in [0.3, 0.4) is 0 Å². The molecular weight excluding hydrogens is 456 g/mol. The number of phenolic OH excluding ortho intramolecular Hbond substituents is 1. The van der Waals surface area contributed by atoms with Crippen molar-refractivity contribution in [1.29, 1.82) is 0 Å². The van der Waals surface area contributed by atoms with Crippen LogP contribution in [0.15, 0.2) is 77.6 Å². The molecule has 2 N–H and O–H groups in total. The number of nitrogens with zero attached hydrogens (tertiary/aromatic N) is 3. The summed E-state index contributed by atoms with van der Waals surface area (Å²) in [7, 11) is 0. The molecule has 36 heavy (non-hydrogen) atoms. The predicted octanol–water partition coefficient (Wildman–Crippen LogP) is 3.89. The first kappa shape index (κ1) is 23.3. The summed E-state index contributed by atoms with van der Waals surface area (Å²) in [6, 6.07) is 20.8. The fourth-order valence-corrected chi connectivity index (χ4v) is 4.64. The molecule has 1 aliphatic heterocycles. The third-order valence-electron chi connectivity index (χ3n) is 6.63. The first-order valence-electron chi connectivity index (χ1n) is 11.9. The zero-order valence-electron chi connectivity index (χ0n) is 19.8. The Hall–Kier alpha value is -4.46. The maximum atomic E-state index is 13.1. The van der Waals surface area contributed by atoms with E-state index in [4.69, 9.17) is 0 Å². The zero-order chi connectivity index (χ0) is 25.2. The highest BCUT2D eigenvalue weighted by molar-refractivity contribution is 5.96. The SMILES string of the molecule is Cc1nc2ccccc2c(=O)n1-c1ccc(C(=O)N2CCC(C(=O)Nc3ccccc3O)CC2)cc1. The smallest absolute Gasteiger partial charge is 0.265 e. The number of hydrogen-bond acceptors (Lipinski definition) is 5. The van der Waals surface area contributed by atoms with Crippen LogP contribution in [0.25, 0.3) is 16.6 Å². The average Bonchev–Trinajstić information content (AvgIpc) is 2.90. The summed E-state index contributed by atoms with van der Waals surface area (Å²) in [6.45, 7) is 2.71. The molecule has 5 rings (SSSR count). The number of aromatic nitrogens is 2. The monoisotopic (exact) mass is 482 g/mol. The number of benzene rings is 3. The molecule has 1 fully saturated rings. The van der Waals surface area contributed by atoms with Gasteiger partial charge < -0.3 is 15.3 Å². The van der Waals surface area contributed by atoms with Crippen molar-refractivity contribution in [2.75, 3.05) is 18.4 Å². The van der Waals surface area contributed by atoms with Crippen LogP contribution in [-0.2, 0) is 4.79 Å². The second-order valence-electron chi connectivity index (χ2n) is 8.94. The van der Waals surface area contributed by atoms with Crippen molar-refractivity contribution in [3.63, 3.8) is 0 Å². The van der Waals surface area contributed by atoms with Crippen LogP contribution >= 0.6 is 0 Å². The minimum atomic E-state index is -0.230. The van der Waals surface area contributed by atoms with Crippen molar-refractivity contribution in [2.24, 2.45) is 5.92 Å². The summed E-state index contributed by atoms with van der Waals surface area (Å²) in [4.78, 5) is 45.0. The maximum absolute atomic E-state index is 13.1. The Labute approximate surface area is 207 Å². The van der Waals surface area contributed by atoms with Crippen molar-refractivity contribution in [1.82, 2.24) is 14.5 Å². The highest BCUT2D eigenvalue weighted by Gasteiger charge is 2.28. The lowest BCUT2D eigenvalue weighted by Gasteiger charge is -2.31. The van der Waals surface area contributed by atoms with Gasteiger partial charge in [-0.3, -0.25) is 19.0 Å². The van der Waals surface area contributed by atoms with Gasteiger partial charge in [-0.05, 0) is 68.3 Å². The van der Waals surface area contributed by atoms with E-state index in [1.165, 1.54) is 6.07 Å². The number of nitrogens with one attached hydrogen (secondary N) is 1. The molecule has 0 atom stereocenters. The van der Waals surface area contributed by atoms with Crippen LogP contribution in [0.4, 0.5) is 5.69 Å². The fourth-order valence-electron chi connectivity index (χ4n) is 4.64. The molecule has 0 spiro atoms. The van der Waals surface area contributed by atoms with Crippen molar-refractivity contribution in [2.45, 2.75) is 19.8 Å². The predicted molar refractivity (Wildman–Crippen MR) is 137 cm³/mol. The van der Waals surface area contributed by atoms with Crippen molar-refractivity contribution in [3.8, 4) is 11.4 Å². The standard InChI is InChI=1S/C28H26N4O4/c1-18-29-23-7-3-2-6-22(23)28(36)32(18)21-12-10-20(11-13-21)27(35)31-16-14-19(15-17-31)26(34)30-24-8-4-5-9-25(24)33/h2-13,19,33H,14-17H2,1H3,(H,30,34). The van der Waals surface area contributed by atoms with Gasteiger partial charge in [-0.2, -0.15) is 0 Å². The van der Waals surface area contributed by atoms with E-state index in [1.54, 1.807) is 64.9 Å². The van der Waals surface area contributed by atoms with Crippen molar-refractivity contribution >= 4 is 28.4 Å². The molecule has 0 saturated carbocycles. The van der Waals surface area contributed by atoms with Gasteiger partial charge in [-0.15, -0.1) is 0 Å². The van der Waals surface area contributed by atoms with Gasteiger partial charge in [0.15, 0.2) is 0 Å². The molecule has 2 heterocycles. The van der Waals surface area contributed by atoms with Gasteiger partial charge >= 0.3 is 0 Å². The molecular formula is C28H26N4O4. The number of carbonyl (C=O) groups excluding carboxylic acids is 2. The van der Waals surface area contributed by atoms with Crippen LogP contribution < -0.4 is 10.9 Å². The molecule has 0 unspecified atom stereocenters. The molecule has 1 saturated heterocycles. The average molecular weight is 483 g/mol. The van der Waals surface area contributed by atoms with Gasteiger partial charge in [-0.25, -0.2) is 4.98 Å². The lowest BCUT2D eigenvalue weighted by atomic mass is 9.95. The number of phenols is 1. The molecule has 182 valence electrons. The number of anilines is 1. The highest BCUT2D eigenvalue weighted by atomic mass is 16.3. The first-order chi connectivity index (χ1) is 17.4. The Kier molecular flexibility index (Phi) is 6.25. The third-order valence-corrected chi connectivity index (χ3v) is 6.63. The summed E-state index contributed by atoms with van der Waals surface area (Å²) in [5.74, 6) is 0.103. The Morgan fingerprint density at radius 3 is 2.33 bits per heavy atom. The van der Waals surface area contributed by atoms with E-state index in [-0.39, 0.29) is 29.0 Å². The number of piperidine rings is 1. The number of aromatic hydroxyl groups is 1. The summed E-state index contributed by atoms with van der Waals surface area (Å²) < 4.78 is 1.55. The Balaban J connectivity index is 1.26. The van der Waals surface area contributed by atoms with Gasteiger partial charge in [0, 0.05) is 24.6 Å². The third kappa shape index (κ3) is 4.45. The number of para-hydroxylation sites is 3. The Morgan fingerprint density at radius 2 is 1.61 bits per heavy atom. The lowest BCUT2D eigenvalue weighted by Crippen LogP contribution is -2.41. The molecule has 1 aromatic heterocycles. The molecule has 3 aromatic carbocycles. The van der Waals surface area contributed by atoms with E-state index in [0.29, 0.717) is 59.6 Å². The second kappa shape index (κ2) is 9.65. The topological polar surface area (TPSA) is 105 Å². The second-order valence-corrected chi connectivity index (χ2v) is 8.94. The fraction of sp³-hybridized carbons (Fsp3) is 0.214.